The van der Waals surface area contributed by atoms with E-state index in [-0.39, 0.29) is 11.9 Å². The topological polar surface area (TPSA) is 79.8 Å². The van der Waals surface area contributed by atoms with Gasteiger partial charge < -0.3 is 14.2 Å². The molecule has 2 fully saturated rings. The molecule has 9 heteroatoms. The normalized spacial score (nSPS) is 19.9. The molecular weight excluding hydrogens is 452 g/mol. The fraction of sp³-hybridized carbons (Fsp3) is 0.440. The predicted molar refractivity (Wildman–Crippen MR) is 131 cm³/mol. The molecule has 1 aromatic carbocycles. The number of aromatic nitrogens is 4. The highest BCUT2D eigenvalue weighted by Gasteiger charge is 2.32. The quantitative estimate of drug-likeness (QED) is 0.415. The van der Waals surface area contributed by atoms with E-state index < -0.39 is 0 Å². The van der Waals surface area contributed by atoms with Gasteiger partial charge in [0, 0.05) is 42.0 Å². The minimum Gasteiger partial charge on any atom is -0.459 e. The van der Waals surface area contributed by atoms with Gasteiger partial charge in [0.2, 0.25) is 5.95 Å². The second-order valence-electron chi connectivity index (χ2n) is 9.40. The number of benzene rings is 1. The Morgan fingerprint density at radius 3 is 2.74 bits per heavy atom. The summed E-state index contributed by atoms with van der Waals surface area (Å²) < 4.78 is 7.50. The fourth-order valence-electron chi connectivity index (χ4n) is 5.43. The van der Waals surface area contributed by atoms with Crippen LogP contribution in [0.5, 0.6) is 0 Å². The Morgan fingerprint density at radius 2 is 1.97 bits per heavy atom. The molecule has 0 spiro atoms. The molecule has 4 aromatic rings. The minimum atomic E-state index is -0.0762. The number of amides is 1. The number of carbonyl (C=O) groups is 1. The summed E-state index contributed by atoms with van der Waals surface area (Å²) in [6.45, 7) is 3.96. The van der Waals surface area contributed by atoms with E-state index in [1.54, 1.807) is 12.1 Å². The largest absolute Gasteiger partial charge is 0.459 e. The standard InChI is InChI=1S/C25H27ClN6O2/c1-16-15-30(11-12-31(16)24(33)21-8-5-13-34-21)25-27-20-14-18(26)9-10-19(20)23-29-28-22(32(23)25)17-6-3-2-4-7-17/h5,8-10,13-14,16-17H,2-4,6-7,11-12,15H2,1H3/t16-/m1/s1. The minimum absolute atomic E-state index is 0.00660. The van der Waals surface area contributed by atoms with Gasteiger partial charge in [-0.2, -0.15) is 0 Å². The van der Waals surface area contributed by atoms with Crippen LogP contribution >= 0.6 is 11.6 Å². The molecule has 1 aliphatic heterocycles. The van der Waals surface area contributed by atoms with E-state index in [4.69, 9.17) is 21.0 Å². The molecule has 1 saturated carbocycles. The van der Waals surface area contributed by atoms with Gasteiger partial charge in [0.15, 0.2) is 11.4 Å². The smallest absolute Gasteiger partial charge is 0.289 e. The number of furan rings is 1. The number of piperazine rings is 1. The summed E-state index contributed by atoms with van der Waals surface area (Å²) in [7, 11) is 0. The lowest BCUT2D eigenvalue weighted by Crippen LogP contribution is -2.54. The molecule has 0 N–H and O–H groups in total. The molecule has 1 atom stereocenters. The molecule has 2 aliphatic rings. The van der Waals surface area contributed by atoms with Crippen LogP contribution in [0.3, 0.4) is 0 Å². The molecule has 0 unspecified atom stereocenters. The van der Waals surface area contributed by atoms with Crippen molar-refractivity contribution < 1.29 is 9.21 Å². The van der Waals surface area contributed by atoms with Crippen molar-refractivity contribution in [2.75, 3.05) is 24.5 Å². The third-order valence-electron chi connectivity index (χ3n) is 7.18. The summed E-state index contributed by atoms with van der Waals surface area (Å²) in [6.07, 6.45) is 7.50. The third kappa shape index (κ3) is 3.60. The first kappa shape index (κ1) is 21.4. The van der Waals surface area contributed by atoms with E-state index in [1.165, 1.54) is 25.5 Å². The van der Waals surface area contributed by atoms with Gasteiger partial charge in [0.1, 0.15) is 5.82 Å². The van der Waals surface area contributed by atoms with Crippen LogP contribution in [0.1, 0.15) is 61.3 Å². The van der Waals surface area contributed by atoms with Crippen molar-refractivity contribution in [2.24, 2.45) is 0 Å². The Bertz CT molecular complexity index is 1340. The molecule has 6 rings (SSSR count). The van der Waals surface area contributed by atoms with Crippen molar-refractivity contribution >= 4 is 40.0 Å². The average molecular weight is 479 g/mol. The monoisotopic (exact) mass is 478 g/mol. The van der Waals surface area contributed by atoms with Crippen LogP contribution in [-0.2, 0) is 0 Å². The lowest BCUT2D eigenvalue weighted by Gasteiger charge is -2.40. The van der Waals surface area contributed by atoms with E-state index >= 15 is 0 Å². The van der Waals surface area contributed by atoms with Crippen LogP contribution in [0.2, 0.25) is 5.02 Å². The van der Waals surface area contributed by atoms with Crippen molar-refractivity contribution in [3.05, 3.63) is 53.2 Å². The van der Waals surface area contributed by atoms with Crippen LogP contribution in [0, 0.1) is 0 Å². The summed E-state index contributed by atoms with van der Waals surface area (Å²) in [5.41, 5.74) is 1.62. The second-order valence-corrected chi connectivity index (χ2v) is 9.83. The van der Waals surface area contributed by atoms with Gasteiger partial charge >= 0.3 is 0 Å². The summed E-state index contributed by atoms with van der Waals surface area (Å²) >= 11 is 6.31. The fourth-order valence-corrected chi connectivity index (χ4v) is 5.60. The highest BCUT2D eigenvalue weighted by atomic mass is 35.5. The zero-order chi connectivity index (χ0) is 23.2. The SMILES string of the molecule is C[C@@H]1CN(c2nc3cc(Cl)ccc3c3nnc(C4CCCCC4)n23)CCN1C(=O)c1ccco1. The zero-order valence-corrected chi connectivity index (χ0v) is 19.9. The molecule has 34 heavy (non-hydrogen) atoms. The number of fused-ring (bicyclic) bond motifs is 3. The van der Waals surface area contributed by atoms with Crippen LogP contribution in [0.15, 0.2) is 41.0 Å². The van der Waals surface area contributed by atoms with Crippen molar-refractivity contribution in [3.8, 4) is 0 Å². The Kier molecular flexibility index (Phi) is 5.40. The van der Waals surface area contributed by atoms with E-state index in [1.807, 2.05) is 23.1 Å². The highest BCUT2D eigenvalue weighted by molar-refractivity contribution is 6.31. The molecule has 1 aliphatic carbocycles. The third-order valence-corrected chi connectivity index (χ3v) is 7.42. The van der Waals surface area contributed by atoms with Gasteiger partial charge in [-0.3, -0.25) is 4.79 Å². The summed E-state index contributed by atoms with van der Waals surface area (Å²) in [4.78, 5) is 22.1. The van der Waals surface area contributed by atoms with E-state index in [9.17, 15) is 4.79 Å². The van der Waals surface area contributed by atoms with Crippen LogP contribution in [0.4, 0.5) is 5.95 Å². The maximum absolute atomic E-state index is 12.9. The molecule has 1 saturated heterocycles. The average Bonchev–Trinajstić information content (AvgIpc) is 3.54. The Labute approximate surface area is 202 Å². The van der Waals surface area contributed by atoms with Crippen LogP contribution < -0.4 is 4.90 Å². The second kappa shape index (κ2) is 8.58. The first-order chi connectivity index (χ1) is 16.6. The van der Waals surface area contributed by atoms with Gasteiger partial charge in [0.05, 0.1) is 11.8 Å². The van der Waals surface area contributed by atoms with Crippen LogP contribution in [-0.4, -0.2) is 56.1 Å². The van der Waals surface area contributed by atoms with Gasteiger partial charge in [-0.1, -0.05) is 30.9 Å². The number of hydrogen-bond donors (Lipinski definition) is 0. The predicted octanol–water partition coefficient (Wildman–Crippen LogP) is 4.92. The first-order valence-electron chi connectivity index (χ1n) is 12.0. The van der Waals surface area contributed by atoms with Gasteiger partial charge in [-0.25, -0.2) is 9.38 Å². The number of carbonyl (C=O) groups excluding carboxylic acids is 1. The first-order valence-corrected chi connectivity index (χ1v) is 12.4. The zero-order valence-electron chi connectivity index (χ0n) is 19.2. The van der Waals surface area contributed by atoms with Crippen LogP contribution in [0.25, 0.3) is 16.6 Å². The lowest BCUT2D eigenvalue weighted by molar-refractivity contribution is 0.0640. The number of nitrogens with zero attached hydrogens (tertiary/aromatic N) is 6. The summed E-state index contributed by atoms with van der Waals surface area (Å²) in [5, 5.41) is 10.9. The summed E-state index contributed by atoms with van der Waals surface area (Å²) in [5.74, 6) is 2.50. The van der Waals surface area contributed by atoms with E-state index in [2.05, 4.69) is 26.4 Å². The van der Waals surface area contributed by atoms with Crippen molar-refractivity contribution in [2.45, 2.75) is 51.0 Å². The number of hydrogen-bond acceptors (Lipinski definition) is 6. The molecule has 0 bridgehead atoms. The maximum Gasteiger partial charge on any atom is 0.289 e. The Morgan fingerprint density at radius 1 is 1.12 bits per heavy atom. The molecule has 3 aromatic heterocycles. The molecule has 1 amide bonds. The Hall–Kier alpha value is -3.13. The molecule has 0 radical (unpaired) electrons. The van der Waals surface area contributed by atoms with Gasteiger partial charge in [-0.15, -0.1) is 10.2 Å². The molecule has 8 nitrogen and oxygen atoms in total. The highest BCUT2D eigenvalue weighted by Crippen LogP contribution is 2.35. The van der Waals surface area contributed by atoms with Crippen molar-refractivity contribution in [1.29, 1.82) is 0 Å². The van der Waals surface area contributed by atoms with Crippen molar-refractivity contribution in [1.82, 2.24) is 24.5 Å². The molecule has 176 valence electrons. The molecule has 4 heterocycles. The van der Waals surface area contributed by atoms with E-state index in [0.717, 1.165) is 41.2 Å². The number of anilines is 1. The van der Waals surface area contributed by atoms with Crippen molar-refractivity contribution in [3.63, 3.8) is 0 Å². The Balaban J connectivity index is 1.41. The number of halogens is 1. The maximum atomic E-state index is 12.9. The summed E-state index contributed by atoms with van der Waals surface area (Å²) in [6, 6.07) is 9.19. The number of rotatable bonds is 3. The van der Waals surface area contributed by atoms with Gasteiger partial charge in [-0.05, 0) is 50.1 Å². The molecular formula is C25H27ClN6O2. The lowest BCUT2D eigenvalue weighted by atomic mass is 9.89. The van der Waals surface area contributed by atoms with E-state index in [0.29, 0.717) is 36.3 Å². The van der Waals surface area contributed by atoms with Gasteiger partial charge in [0.25, 0.3) is 5.91 Å².